The van der Waals surface area contributed by atoms with E-state index in [0.29, 0.717) is 6.04 Å². The summed E-state index contributed by atoms with van der Waals surface area (Å²) in [6.07, 6.45) is 13.4. The number of aliphatic hydroxyl groups excluding tert-OH is 3. The van der Waals surface area contributed by atoms with Crippen molar-refractivity contribution in [2.24, 2.45) is 0 Å². The monoisotopic (exact) mass is 315 g/mol. The summed E-state index contributed by atoms with van der Waals surface area (Å²) >= 11 is 0. The third kappa shape index (κ3) is 9.09. The molecule has 1 unspecified atom stereocenters. The average molecular weight is 315 g/mol. The van der Waals surface area contributed by atoms with Crippen LogP contribution in [0.2, 0.25) is 0 Å². The Hall–Kier alpha value is -0.160. The van der Waals surface area contributed by atoms with Crippen molar-refractivity contribution in [3.8, 4) is 0 Å². The van der Waals surface area contributed by atoms with Crippen molar-refractivity contribution in [1.29, 1.82) is 0 Å². The topological polar surface area (TPSA) is 72.7 Å². The van der Waals surface area contributed by atoms with Crippen LogP contribution in [0.15, 0.2) is 0 Å². The van der Waals surface area contributed by atoms with Gasteiger partial charge in [-0.15, -0.1) is 0 Å². The molecular weight excluding hydrogens is 278 g/mol. The van der Waals surface area contributed by atoms with E-state index in [0.717, 1.165) is 25.7 Å². The van der Waals surface area contributed by atoms with E-state index in [1.807, 2.05) is 0 Å². The van der Waals surface area contributed by atoms with Crippen molar-refractivity contribution in [3.05, 3.63) is 0 Å². The first kappa shape index (κ1) is 19.9. The van der Waals surface area contributed by atoms with E-state index in [2.05, 4.69) is 12.2 Å². The largest absolute Gasteiger partial charge is 0.394 e. The molecule has 0 amide bonds. The van der Waals surface area contributed by atoms with Crippen molar-refractivity contribution < 1.29 is 15.3 Å². The van der Waals surface area contributed by atoms with Gasteiger partial charge in [0.15, 0.2) is 0 Å². The van der Waals surface area contributed by atoms with Gasteiger partial charge in [0, 0.05) is 12.1 Å². The van der Waals surface area contributed by atoms with Gasteiger partial charge in [-0.05, 0) is 32.6 Å². The van der Waals surface area contributed by atoms with Gasteiger partial charge in [0.05, 0.1) is 18.8 Å². The quantitative estimate of drug-likeness (QED) is 0.418. The molecule has 0 aromatic rings. The van der Waals surface area contributed by atoms with Gasteiger partial charge in [0.25, 0.3) is 0 Å². The molecule has 1 aliphatic rings. The Balaban J connectivity index is 1.82. The smallest absolute Gasteiger partial charge is 0.0770 e. The second kappa shape index (κ2) is 12.3. The number of hydrogen-bond donors (Lipinski definition) is 4. The molecule has 4 N–H and O–H groups in total. The molecule has 22 heavy (non-hydrogen) atoms. The number of piperidine rings is 1. The zero-order valence-electron chi connectivity index (χ0n) is 14.3. The molecule has 0 aromatic heterocycles. The van der Waals surface area contributed by atoms with E-state index in [4.69, 9.17) is 5.11 Å². The first-order valence-corrected chi connectivity index (χ1v) is 9.36. The summed E-state index contributed by atoms with van der Waals surface area (Å²) in [7, 11) is 0. The van der Waals surface area contributed by atoms with Crippen LogP contribution in [0.3, 0.4) is 0 Å². The van der Waals surface area contributed by atoms with Crippen LogP contribution in [-0.2, 0) is 0 Å². The SMILES string of the molecule is C[C@@H]1N[C@H](CCCCCCCCCCC(O)CO)CC[C@@H]1O. The lowest BCUT2D eigenvalue weighted by Gasteiger charge is -2.32. The second-order valence-corrected chi connectivity index (χ2v) is 7.04. The number of nitrogens with one attached hydrogen (secondary N) is 1. The molecule has 0 radical (unpaired) electrons. The lowest BCUT2D eigenvalue weighted by atomic mass is 9.93. The highest BCUT2D eigenvalue weighted by atomic mass is 16.3. The van der Waals surface area contributed by atoms with Gasteiger partial charge in [-0.3, -0.25) is 0 Å². The predicted octanol–water partition coefficient (Wildman–Crippen LogP) is 2.74. The first-order chi connectivity index (χ1) is 10.6. The van der Waals surface area contributed by atoms with Crippen LogP contribution < -0.4 is 5.32 Å². The molecule has 1 heterocycles. The maximum atomic E-state index is 9.68. The van der Waals surface area contributed by atoms with E-state index < -0.39 is 6.10 Å². The van der Waals surface area contributed by atoms with E-state index in [1.54, 1.807) is 0 Å². The van der Waals surface area contributed by atoms with E-state index in [1.165, 1.54) is 51.4 Å². The van der Waals surface area contributed by atoms with Crippen LogP contribution in [0.5, 0.6) is 0 Å². The Labute approximate surface area is 136 Å². The molecule has 0 saturated carbocycles. The molecule has 4 nitrogen and oxygen atoms in total. The van der Waals surface area contributed by atoms with Crippen molar-refractivity contribution in [2.75, 3.05) is 6.61 Å². The molecule has 1 fully saturated rings. The minimum absolute atomic E-state index is 0.104. The zero-order chi connectivity index (χ0) is 16.2. The minimum Gasteiger partial charge on any atom is -0.394 e. The summed E-state index contributed by atoms with van der Waals surface area (Å²) in [5.74, 6) is 0. The van der Waals surface area contributed by atoms with Gasteiger partial charge >= 0.3 is 0 Å². The van der Waals surface area contributed by atoms with Crippen LogP contribution in [0.25, 0.3) is 0 Å². The van der Waals surface area contributed by atoms with E-state index in [-0.39, 0.29) is 18.8 Å². The number of rotatable bonds is 12. The second-order valence-electron chi connectivity index (χ2n) is 7.04. The fourth-order valence-corrected chi connectivity index (χ4v) is 3.34. The molecule has 1 rings (SSSR count). The molecule has 1 saturated heterocycles. The van der Waals surface area contributed by atoms with Gasteiger partial charge in [0.1, 0.15) is 0 Å². The molecule has 0 aliphatic carbocycles. The third-order valence-corrected chi connectivity index (χ3v) is 4.94. The van der Waals surface area contributed by atoms with Gasteiger partial charge in [-0.2, -0.15) is 0 Å². The first-order valence-electron chi connectivity index (χ1n) is 9.36. The average Bonchev–Trinajstić information content (AvgIpc) is 2.52. The van der Waals surface area contributed by atoms with Gasteiger partial charge in [0.2, 0.25) is 0 Å². The van der Waals surface area contributed by atoms with Gasteiger partial charge < -0.3 is 20.6 Å². The van der Waals surface area contributed by atoms with Crippen molar-refractivity contribution in [2.45, 2.75) is 108 Å². The predicted molar refractivity (Wildman–Crippen MR) is 90.9 cm³/mol. The fourth-order valence-electron chi connectivity index (χ4n) is 3.34. The summed E-state index contributed by atoms with van der Waals surface area (Å²) in [5, 5.41) is 31.1. The standard InChI is InChI=1S/C18H37NO3/c1-15-18(22)13-12-16(19-15)10-8-6-4-2-3-5-7-9-11-17(21)14-20/h15-22H,2-14H2,1H3/t15-,16+,17?,18-/m0/s1. The highest BCUT2D eigenvalue weighted by Gasteiger charge is 2.24. The fraction of sp³-hybridized carbons (Fsp3) is 1.00. The van der Waals surface area contributed by atoms with Crippen LogP contribution >= 0.6 is 0 Å². The van der Waals surface area contributed by atoms with Crippen molar-refractivity contribution in [3.63, 3.8) is 0 Å². The van der Waals surface area contributed by atoms with Crippen LogP contribution in [-0.4, -0.2) is 46.2 Å². The van der Waals surface area contributed by atoms with E-state index in [9.17, 15) is 10.2 Å². The summed E-state index contributed by atoms with van der Waals surface area (Å²) in [6, 6.07) is 0.861. The molecule has 4 atom stereocenters. The maximum absolute atomic E-state index is 9.68. The summed E-state index contributed by atoms with van der Waals surface area (Å²) < 4.78 is 0. The molecular formula is C18H37NO3. The number of hydrogen-bond acceptors (Lipinski definition) is 4. The van der Waals surface area contributed by atoms with Crippen molar-refractivity contribution >= 4 is 0 Å². The summed E-state index contributed by atoms with van der Waals surface area (Å²) in [4.78, 5) is 0. The number of aliphatic hydroxyl groups is 3. The molecule has 0 spiro atoms. The van der Waals surface area contributed by atoms with E-state index >= 15 is 0 Å². The third-order valence-electron chi connectivity index (χ3n) is 4.94. The maximum Gasteiger partial charge on any atom is 0.0770 e. The van der Waals surface area contributed by atoms with Gasteiger partial charge in [-0.1, -0.05) is 51.4 Å². The molecule has 4 heteroatoms. The summed E-state index contributed by atoms with van der Waals surface area (Å²) in [6.45, 7) is 1.98. The lowest BCUT2D eigenvalue weighted by Crippen LogP contribution is -2.48. The Morgan fingerprint density at radius 1 is 0.955 bits per heavy atom. The Morgan fingerprint density at radius 3 is 2.14 bits per heavy atom. The Bertz CT molecular complexity index is 263. The van der Waals surface area contributed by atoms with Crippen LogP contribution in [0.4, 0.5) is 0 Å². The molecule has 1 aliphatic heterocycles. The minimum atomic E-state index is -0.516. The normalized spacial score (nSPS) is 27.0. The van der Waals surface area contributed by atoms with Crippen LogP contribution in [0, 0.1) is 0 Å². The number of unbranched alkanes of at least 4 members (excludes halogenated alkanes) is 7. The van der Waals surface area contributed by atoms with Crippen molar-refractivity contribution in [1.82, 2.24) is 5.32 Å². The Morgan fingerprint density at radius 2 is 1.55 bits per heavy atom. The molecule has 0 aromatic carbocycles. The Kier molecular flexibility index (Phi) is 11.1. The highest BCUT2D eigenvalue weighted by molar-refractivity contribution is 4.83. The highest BCUT2D eigenvalue weighted by Crippen LogP contribution is 2.18. The zero-order valence-corrected chi connectivity index (χ0v) is 14.3. The summed E-state index contributed by atoms with van der Waals surface area (Å²) in [5.41, 5.74) is 0. The molecule has 132 valence electrons. The molecule has 0 bridgehead atoms. The lowest BCUT2D eigenvalue weighted by molar-refractivity contribution is 0.0849. The van der Waals surface area contributed by atoms with Crippen LogP contribution in [0.1, 0.15) is 84.0 Å². The van der Waals surface area contributed by atoms with Gasteiger partial charge in [-0.25, -0.2) is 0 Å².